The zero-order valence-corrected chi connectivity index (χ0v) is 11.1. The fraction of sp³-hybridized carbons (Fsp3) is 0.500. The highest BCUT2D eigenvalue weighted by atomic mass is 79.9. The number of nitrogens with one attached hydrogen (secondary N) is 1. The lowest BCUT2D eigenvalue weighted by Crippen LogP contribution is -2.35. The average Bonchev–Trinajstić information content (AvgIpc) is 2.51. The fourth-order valence-corrected chi connectivity index (χ4v) is 2.44. The molecule has 0 aliphatic carbocycles. The minimum atomic E-state index is -0.776. The number of aliphatic carboxylic acids is 1. The van der Waals surface area contributed by atoms with Crippen molar-refractivity contribution in [2.24, 2.45) is 5.41 Å². The van der Waals surface area contributed by atoms with Crippen LogP contribution in [0, 0.1) is 5.41 Å². The topological polar surface area (TPSA) is 49.3 Å². The molecule has 2 N–H and O–H groups in total. The second-order valence-corrected chi connectivity index (χ2v) is 5.94. The first-order valence-corrected chi connectivity index (χ1v) is 6.26. The van der Waals surface area contributed by atoms with Crippen molar-refractivity contribution in [3.8, 4) is 0 Å². The van der Waals surface area contributed by atoms with Crippen LogP contribution in [0.25, 0.3) is 0 Å². The highest BCUT2D eigenvalue weighted by Gasteiger charge is 2.26. The molecule has 1 heterocycles. The molecule has 5 heteroatoms. The molecule has 1 rings (SSSR count). The number of hydrogen-bond donors (Lipinski definition) is 2. The van der Waals surface area contributed by atoms with Gasteiger partial charge in [-0.25, -0.2) is 0 Å². The number of thiophene rings is 1. The summed E-state index contributed by atoms with van der Waals surface area (Å²) >= 11 is 5.03. The maximum absolute atomic E-state index is 10.8. The summed E-state index contributed by atoms with van der Waals surface area (Å²) in [6.45, 7) is 4.62. The molecule has 0 spiro atoms. The summed E-state index contributed by atoms with van der Waals surface area (Å²) in [6, 6.07) is 2.03. The van der Waals surface area contributed by atoms with Crippen molar-refractivity contribution in [2.75, 3.05) is 6.54 Å². The van der Waals surface area contributed by atoms with Gasteiger partial charge in [0.05, 0.1) is 5.41 Å². The lowest BCUT2D eigenvalue weighted by Gasteiger charge is -2.19. The van der Waals surface area contributed by atoms with Gasteiger partial charge < -0.3 is 10.4 Å². The Balaban J connectivity index is 2.36. The van der Waals surface area contributed by atoms with Crippen molar-refractivity contribution in [1.29, 1.82) is 0 Å². The van der Waals surface area contributed by atoms with Crippen LogP contribution in [0.15, 0.2) is 15.9 Å². The van der Waals surface area contributed by atoms with E-state index in [-0.39, 0.29) is 0 Å². The Hall–Kier alpha value is -0.390. The Morgan fingerprint density at radius 1 is 1.67 bits per heavy atom. The highest BCUT2D eigenvalue weighted by Crippen LogP contribution is 2.20. The Bertz CT molecular complexity index is 349. The Morgan fingerprint density at radius 3 is 2.80 bits per heavy atom. The predicted molar refractivity (Wildman–Crippen MR) is 65.1 cm³/mol. The molecule has 0 atom stereocenters. The molecule has 0 unspecified atom stereocenters. The number of hydrogen-bond acceptors (Lipinski definition) is 3. The maximum atomic E-state index is 10.8. The van der Waals surface area contributed by atoms with Gasteiger partial charge in [0.2, 0.25) is 0 Å². The third-order valence-electron chi connectivity index (χ3n) is 2.07. The van der Waals surface area contributed by atoms with Gasteiger partial charge in [0.1, 0.15) is 0 Å². The smallest absolute Gasteiger partial charge is 0.310 e. The molecule has 0 radical (unpaired) electrons. The van der Waals surface area contributed by atoms with Crippen LogP contribution in [0.1, 0.15) is 18.7 Å². The average molecular weight is 292 g/mol. The summed E-state index contributed by atoms with van der Waals surface area (Å²) in [5.41, 5.74) is -0.714. The number of halogens is 1. The van der Waals surface area contributed by atoms with Crippen LogP contribution in [0.3, 0.4) is 0 Å². The standard InChI is InChI=1S/C10H14BrNO2S/c1-10(2,9(13)14)6-12-4-8-3-7(11)5-15-8/h3,5,12H,4,6H2,1-2H3,(H,13,14). The minimum Gasteiger partial charge on any atom is -0.481 e. The summed E-state index contributed by atoms with van der Waals surface area (Å²) in [4.78, 5) is 12.0. The molecule has 15 heavy (non-hydrogen) atoms. The molecule has 0 aromatic carbocycles. The van der Waals surface area contributed by atoms with E-state index in [2.05, 4.69) is 21.2 Å². The van der Waals surface area contributed by atoms with Gasteiger partial charge >= 0.3 is 5.97 Å². The first kappa shape index (κ1) is 12.7. The zero-order chi connectivity index (χ0) is 11.5. The normalized spacial score (nSPS) is 11.7. The highest BCUT2D eigenvalue weighted by molar-refractivity contribution is 9.10. The van der Waals surface area contributed by atoms with Gasteiger partial charge in [0, 0.05) is 27.8 Å². The molecule has 0 amide bonds. The van der Waals surface area contributed by atoms with Gasteiger partial charge in [0.15, 0.2) is 0 Å². The zero-order valence-electron chi connectivity index (χ0n) is 8.71. The molecule has 1 aromatic rings. The summed E-state index contributed by atoms with van der Waals surface area (Å²) < 4.78 is 1.07. The van der Waals surface area contributed by atoms with E-state index in [1.54, 1.807) is 25.2 Å². The van der Waals surface area contributed by atoms with E-state index in [0.29, 0.717) is 13.1 Å². The molecule has 84 valence electrons. The van der Waals surface area contributed by atoms with E-state index in [1.165, 1.54) is 4.88 Å². The van der Waals surface area contributed by atoms with E-state index >= 15 is 0 Å². The van der Waals surface area contributed by atoms with E-state index in [4.69, 9.17) is 5.11 Å². The molecule has 0 saturated carbocycles. The minimum absolute atomic E-state index is 0.470. The molecule has 0 fully saturated rings. The van der Waals surface area contributed by atoms with Gasteiger partial charge in [-0.15, -0.1) is 11.3 Å². The summed E-state index contributed by atoms with van der Waals surface area (Å²) in [5.74, 6) is -0.776. The summed E-state index contributed by atoms with van der Waals surface area (Å²) in [7, 11) is 0. The van der Waals surface area contributed by atoms with Crippen LogP contribution in [0.5, 0.6) is 0 Å². The first-order valence-electron chi connectivity index (χ1n) is 4.59. The monoisotopic (exact) mass is 291 g/mol. The molecule has 1 aromatic heterocycles. The maximum Gasteiger partial charge on any atom is 0.310 e. The third kappa shape index (κ3) is 3.93. The Kier molecular flexibility index (Phi) is 4.31. The second-order valence-electron chi connectivity index (χ2n) is 4.02. The molecule has 0 aliphatic heterocycles. The number of carboxylic acid groups (broad SMARTS) is 1. The van der Waals surface area contributed by atoms with Gasteiger partial charge in [-0.05, 0) is 35.8 Å². The lowest BCUT2D eigenvalue weighted by atomic mass is 9.94. The summed E-state index contributed by atoms with van der Waals surface area (Å²) in [6.07, 6.45) is 0. The largest absolute Gasteiger partial charge is 0.481 e. The van der Waals surface area contributed by atoms with E-state index in [9.17, 15) is 4.79 Å². The van der Waals surface area contributed by atoms with Crippen molar-refractivity contribution in [1.82, 2.24) is 5.32 Å². The van der Waals surface area contributed by atoms with Gasteiger partial charge in [-0.3, -0.25) is 4.79 Å². The molecule has 0 saturated heterocycles. The third-order valence-corrected chi connectivity index (χ3v) is 3.76. The molecular weight excluding hydrogens is 278 g/mol. The van der Waals surface area contributed by atoms with Crippen molar-refractivity contribution >= 4 is 33.2 Å². The van der Waals surface area contributed by atoms with Crippen LogP contribution in [-0.4, -0.2) is 17.6 Å². The van der Waals surface area contributed by atoms with Crippen molar-refractivity contribution in [3.63, 3.8) is 0 Å². The Labute approximate surface area is 102 Å². The van der Waals surface area contributed by atoms with Crippen LogP contribution >= 0.6 is 27.3 Å². The predicted octanol–water partition coefficient (Wildman–Crippen LogP) is 2.71. The number of carbonyl (C=O) groups is 1. The summed E-state index contributed by atoms with van der Waals surface area (Å²) in [5, 5.41) is 14.1. The van der Waals surface area contributed by atoms with Crippen LogP contribution in [0.4, 0.5) is 0 Å². The van der Waals surface area contributed by atoms with Gasteiger partial charge in [-0.2, -0.15) is 0 Å². The number of carboxylic acids is 1. The van der Waals surface area contributed by atoms with Crippen molar-refractivity contribution in [2.45, 2.75) is 20.4 Å². The molecular formula is C10H14BrNO2S. The van der Waals surface area contributed by atoms with Crippen molar-refractivity contribution < 1.29 is 9.90 Å². The van der Waals surface area contributed by atoms with Gasteiger partial charge in [0.25, 0.3) is 0 Å². The quantitative estimate of drug-likeness (QED) is 0.877. The van der Waals surface area contributed by atoms with Crippen LogP contribution in [-0.2, 0) is 11.3 Å². The number of rotatable bonds is 5. The van der Waals surface area contributed by atoms with E-state index in [1.807, 2.05) is 11.4 Å². The van der Waals surface area contributed by atoms with E-state index in [0.717, 1.165) is 4.47 Å². The van der Waals surface area contributed by atoms with Crippen LogP contribution in [0.2, 0.25) is 0 Å². The van der Waals surface area contributed by atoms with E-state index < -0.39 is 11.4 Å². The van der Waals surface area contributed by atoms with Crippen LogP contribution < -0.4 is 5.32 Å². The van der Waals surface area contributed by atoms with Crippen molar-refractivity contribution in [3.05, 3.63) is 20.8 Å². The first-order chi connectivity index (χ1) is 6.92. The van der Waals surface area contributed by atoms with Gasteiger partial charge in [-0.1, -0.05) is 0 Å². The SMILES string of the molecule is CC(C)(CNCc1cc(Br)cs1)C(=O)O. The Morgan fingerprint density at radius 2 is 2.33 bits per heavy atom. The molecule has 0 bridgehead atoms. The fourth-order valence-electron chi connectivity index (χ4n) is 1.02. The molecule has 0 aliphatic rings. The lowest BCUT2D eigenvalue weighted by molar-refractivity contribution is -0.146. The second kappa shape index (κ2) is 5.09. The molecule has 3 nitrogen and oxygen atoms in total.